The normalized spacial score (nSPS) is 13.2. The Morgan fingerprint density at radius 1 is 1.09 bits per heavy atom. The summed E-state index contributed by atoms with van der Waals surface area (Å²) in [6.07, 6.45) is -3.99. The second-order valence-electron chi connectivity index (χ2n) is 8.03. The Balaban J connectivity index is 1.72. The van der Waals surface area contributed by atoms with Crippen LogP contribution in [0.3, 0.4) is 0 Å². The molecule has 1 heterocycles. The van der Waals surface area contributed by atoms with Crippen LogP contribution < -0.4 is 10.6 Å². The van der Waals surface area contributed by atoms with E-state index in [9.17, 15) is 22.8 Å². The molecule has 186 valence electrons. The van der Waals surface area contributed by atoms with Crippen molar-refractivity contribution in [2.75, 3.05) is 11.9 Å². The van der Waals surface area contributed by atoms with E-state index >= 15 is 0 Å². The predicted molar refractivity (Wildman–Crippen MR) is 122 cm³/mol. The molecule has 3 aromatic rings. The summed E-state index contributed by atoms with van der Waals surface area (Å²) >= 11 is 0. The van der Waals surface area contributed by atoms with E-state index < -0.39 is 18.0 Å². The lowest BCUT2D eigenvalue weighted by Crippen LogP contribution is -2.26. The monoisotopic (exact) mass is 490 g/mol. The van der Waals surface area contributed by atoms with Crippen LogP contribution in [0.25, 0.3) is 11.4 Å². The molecule has 3 N–H and O–H groups in total. The average molecular weight is 490 g/mol. The summed E-state index contributed by atoms with van der Waals surface area (Å²) in [7, 11) is 0. The van der Waals surface area contributed by atoms with E-state index in [1.54, 1.807) is 48.5 Å². The molecule has 1 aromatic heterocycles. The lowest BCUT2D eigenvalue weighted by Gasteiger charge is -2.26. The molecule has 0 fully saturated rings. The number of hydrogen-bond donors (Lipinski definition) is 3. The van der Waals surface area contributed by atoms with Gasteiger partial charge in [-0.25, -0.2) is 0 Å². The highest BCUT2D eigenvalue weighted by molar-refractivity contribution is 5.94. The highest BCUT2D eigenvalue weighted by atomic mass is 19.4. The van der Waals surface area contributed by atoms with Crippen LogP contribution in [0.4, 0.5) is 18.9 Å². The number of halogens is 3. The number of alkyl halides is 3. The number of benzene rings is 2. The van der Waals surface area contributed by atoms with E-state index in [0.717, 1.165) is 17.7 Å². The third-order valence-corrected chi connectivity index (χ3v) is 5.50. The first kappa shape index (κ1) is 25.7. The van der Waals surface area contributed by atoms with Crippen LogP contribution >= 0.6 is 0 Å². The van der Waals surface area contributed by atoms with Gasteiger partial charge in [0.1, 0.15) is 0 Å². The Bertz CT molecular complexity index is 1140. The molecule has 1 amide bonds. The van der Waals surface area contributed by atoms with Gasteiger partial charge < -0.3 is 20.3 Å². The van der Waals surface area contributed by atoms with Crippen molar-refractivity contribution < 1.29 is 32.4 Å². The molecule has 0 saturated heterocycles. The lowest BCUT2D eigenvalue weighted by molar-refractivity contribution is -0.159. The quantitative estimate of drug-likeness (QED) is 0.359. The van der Waals surface area contributed by atoms with E-state index in [0.29, 0.717) is 11.1 Å². The van der Waals surface area contributed by atoms with Crippen LogP contribution in [0, 0.1) is 5.92 Å². The van der Waals surface area contributed by atoms with Gasteiger partial charge >= 0.3 is 18.0 Å². The van der Waals surface area contributed by atoms with Crippen LogP contribution in [-0.2, 0) is 11.0 Å². The molecule has 2 atom stereocenters. The lowest BCUT2D eigenvalue weighted by atomic mass is 9.91. The first-order valence-electron chi connectivity index (χ1n) is 11.0. The maximum atomic E-state index is 12.7. The van der Waals surface area contributed by atoms with Gasteiger partial charge in [0.05, 0.1) is 12.5 Å². The molecule has 0 aliphatic heterocycles. The second kappa shape index (κ2) is 11.0. The van der Waals surface area contributed by atoms with Crippen LogP contribution in [0.2, 0.25) is 0 Å². The smallest absolute Gasteiger partial charge is 0.471 e. The van der Waals surface area contributed by atoms with Gasteiger partial charge in [-0.2, -0.15) is 18.2 Å². The number of carbonyl (C=O) groups is 2. The Hall–Kier alpha value is -3.89. The molecule has 3 rings (SSSR count). The second-order valence-corrected chi connectivity index (χ2v) is 8.03. The largest absolute Gasteiger partial charge is 0.481 e. The SMILES string of the molecule is CCC(C)[C@H](Nc1ccc(C(=O)NCCC(=O)O)cc1)c1ccc(-c2noc(C(F)(F)F)n2)cc1. The summed E-state index contributed by atoms with van der Waals surface area (Å²) < 4.78 is 42.5. The zero-order chi connectivity index (χ0) is 25.6. The van der Waals surface area contributed by atoms with E-state index in [-0.39, 0.29) is 36.7 Å². The molecule has 2 aromatic carbocycles. The minimum atomic E-state index is -4.70. The molecule has 0 aliphatic rings. The van der Waals surface area contributed by atoms with Gasteiger partial charge in [0, 0.05) is 23.4 Å². The topological polar surface area (TPSA) is 117 Å². The Morgan fingerprint density at radius 3 is 2.29 bits per heavy atom. The molecule has 0 radical (unpaired) electrons. The van der Waals surface area contributed by atoms with Crippen LogP contribution in [-0.4, -0.2) is 33.7 Å². The number of carboxylic acid groups (broad SMARTS) is 1. The van der Waals surface area contributed by atoms with Crippen molar-refractivity contribution in [2.45, 2.75) is 38.9 Å². The van der Waals surface area contributed by atoms with E-state index in [4.69, 9.17) is 5.11 Å². The van der Waals surface area contributed by atoms with E-state index in [1.165, 1.54) is 0 Å². The van der Waals surface area contributed by atoms with Crippen LogP contribution in [0.5, 0.6) is 0 Å². The van der Waals surface area contributed by atoms with Crippen LogP contribution in [0.15, 0.2) is 53.1 Å². The van der Waals surface area contributed by atoms with E-state index in [2.05, 4.69) is 39.1 Å². The number of carbonyl (C=O) groups excluding carboxylic acids is 1. The number of nitrogens with one attached hydrogen (secondary N) is 2. The van der Waals surface area contributed by atoms with Crippen LogP contribution in [0.1, 0.15) is 54.5 Å². The summed E-state index contributed by atoms with van der Waals surface area (Å²) in [5.74, 6) is -2.68. The summed E-state index contributed by atoms with van der Waals surface area (Å²) in [4.78, 5) is 26.1. The zero-order valence-corrected chi connectivity index (χ0v) is 19.1. The molecule has 35 heavy (non-hydrogen) atoms. The van der Waals surface area contributed by atoms with Crippen molar-refractivity contribution >= 4 is 17.6 Å². The molecular formula is C24H25F3N4O4. The first-order valence-corrected chi connectivity index (χ1v) is 11.0. The molecule has 11 heteroatoms. The zero-order valence-electron chi connectivity index (χ0n) is 19.1. The van der Waals surface area contributed by atoms with Gasteiger partial charge in [-0.1, -0.05) is 49.7 Å². The highest BCUT2D eigenvalue weighted by Gasteiger charge is 2.38. The minimum Gasteiger partial charge on any atom is -0.481 e. The summed E-state index contributed by atoms with van der Waals surface area (Å²) in [6, 6.07) is 13.6. The number of rotatable bonds is 10. The molecular weight excluding hydrogens is 465 g/mol. The summed E-state index contributed by atoms with van der Waals surface area (Å²) in [5, 5.41) is 18.1. The van der Waals surface area contributed by atoms with Crippen molar-refractivity contribution in [3.63, 3.8) is 0 Å². The number of hydrogen-bond acceptors (Lipinski definition) is 6. The number of anilines is 1. The van der Waals surface area contributed by atoms with Crippen molar-refractivity contribution in [3.05, 3.63) is 65.5 Å². The molecule has 0 bridgehead atoms. The predicted octanol–water partition coefficient (Wildman–Crippen LogP) is 5.16. The summed E-state index contributed by atoms with van der Waals surface area (Å²) in [6.45, 7) is 4.17. The maximum absolute atomic E-state index is 12.7. The fourth-order valence-corrected chi connectivity index (χ4v) is 3.37. The van der Waals surface area contributed by atoms with Gasteiger partial charge in [-0.05, 0) is 35.7 Å². The van der Waals surface area contributed by atoms with Gasteiger partial charge in [-0.15, -0.1) is 0 Å². The van der Waals surface area contributed by atoms with Gasteiger partial charge in [0.25, 0.3) is 5.91 Å². The molecule has 8 nitrogen and oxygen atoms in total. The standard InChI is InChI=1S/C24H25F3N4O4/c1-3-14(2)20(29-18-10-8-17(9-11-18)22(34)28-13-12-19(32)33)15-4-6-16(7-5-15)21-30-23(35-31-21)24(25,26)27/h4-11,14,20,29H,3,12-13H2,1-2H3,(H,28,34)(H,32,33)/t14?,20-/m0/s1. The minimum absolute atomic E-state index is 0.0433. The van der Waals surface area contributed by atoms with Crippen molar-refractivity contribution in [1.82, 2.24) is 15.5 Å². The van der Waals surface area contributed by atoms with E-state index in [1.807, 2.05) is 0 Å². The Morgan fingerprint density at radius 2 is 1.74 bits per heavy atom. The van der Waals surface area contributed by atoms with Gasteiger partial charge in [0.2, 0.25) is 5.82 Å². The number of aliphatic carboxylic acids is 1. The Kier molecular flexibility index (Phi) is 8.10. The fraction of sp³-hybridized carbons (Fsp3) is 0.333. The van der Waals surface area contributed by atoms with Gasteiger partial charge in [-0.3, -0.25) is 9.59 Å². The molecule has 0 spiro atoms. The Labute approximate surface area is 199 Å². The van der Waals surface area contributed by atoms with Gasteiger partial charge in [0.15, 0.2) is 0 Å². The van der Waals surface area contributed by atoms with Crippen molar-refractivity contribution in [2.24, 2.45) is 5.92 Å². The average Bonchev–Trinajstić information content (AvgIpc) is 3.33. The van der Waals surface area contributed by atoms with Crippen molar-refractivity contribution in [1.29, 1.82) is 0 Å². The maximum Gasteiger partial charge on any atom is 0.471 e. The van der Waals surface area contributed by atoms with Crippen molar-refractivity contribution in [3.8, 4) is 11.4 Å². The summed E-state index contributed by atoms with van der Waals surface area (Å²) in [5.41, 5.74) is 2.49. The number of carboxylic acids is 1. The molecule has 0 aliphatic carbocycles. The third-order valence-electron chi connectivity index (χ3n) is 5.50. The molecule has 0 saturated carbocycles. The number of amides is 1. The first-order chi connectivity index (χ1) is 16.6. The third kappa shape index (κ3) is 6.81. The fourth-order valence-electron chi connectivity index (χ4n) is 3.37. The number of aromatic nitrogens is 2. The molecule has 1 unspecified atom stereocenters. The number of nitrogens with zero attached hydrogens (tertiary/aromatic N) is 2. The highest BCUT2D eigenvalue weighted by Crippen LogP contribution is 2.32.